The lowest BCUT2D eigenvalue weighted by molar-refractivity contribution is 0.257. The van der Waals surface area contributed by atoms with Gasteiger partial charge in [-0.1, -0.05) is 12.1 Å². The first-order valence-electron chi connectivity index (χ1n) is 12.1. The molecule has 5 rings (SSSR count). The van der Waals surface area contributed by atoms with Crippen LogP contribution in [0.1, 0.15) is 6.42 Å². The van der Waals surface area contributed by atoms with Gasteiger partial charge in [0.1, 0.15) is 17.4 Å². The Morgan fingerprint density at radius 3 is 2.37 bits per heavy atom. The molecule has 2 heterocycles. The van der Waals surface area contributed by atoms with E-state index in [0.29, 0.717) is 5.82 Å². The molecule has 0 unspecified atom stereocenters. The zero-order valence-electron chi connectivity index (χ0n) is 20.0. The molecule has 0 radical (unpaired) electrons. The third-order valence-corrected chi connectivity index (χ3v) is 6.46. The van der Waals surface area contributed by atoms with E-state index < -0.39 is 0 Å². The van der Waals surface area contributed by atoms with E-state index in [4.69, 9.17) is 14.7 Å². The number of methoxy groups -OCH3 is 1. The van der Waals surface area contributed by atoms with Crippen molar-refractivity contribution in [3.05, 3.63) is 78.6 Å². The molecule has 1 N–H and O–H groups in total. The van der Waals surface area contributed by atoms with Gasteiger partial charge in [0.25, 0.3) is 0 Å². The van der Waals surface area contributed by atoms with Gasteiger partial charge in [0.05, 0.1) is 12.6 Å². The Balaban J connectivity index is 1.18. The van der Waals surface area contributed by atoms with E-state index in [1.807, 2.05) is 54.6 Å². The van der Waals surface area contributed by atoms with Crippen molar-refractivity contribution in [2.45, 2.75) is 6.42 Å². The molecule has 6 nitrogen and oxygen atoms in total. The van der Waals surface area contributed by atoms with Crippen molar-refractivity contribution in [2.75, 3.05) is 56.6 Å². The van der Waals surface area contributed by atoms with Crippen LogP contribution in [0, 0.1) is 5.82 Å². The van der Waals surface area contributed by atoms with Gasteiger partial charge in [0.2, 0.25) is 0 Å². The average molecular weight is 472 g/mol. The van der Waals surface area contributed by atoms with Gasteiger partial charge < -0.3 is 15.0 Å². The zero-order valence-corrected chi connectivity index (χ0v) is 20.0. The summed E-state index contributed by atoms with van der Waals surface area (Å²) in [5, 5.41) is 4.58. The standard InChI is InChI=1S/C28H30FN5O/c1-35-24-13-7-21(8-14-24)27-31-26-6-3-2-5-25(26)28(32-27)30-15-4-16-33-17-19-34(20-18-33)23-11-9-22(29)10-12-23/h2-3,5-14H,4,15-20H2,1H3,(H,30,31,32). The number of aromatic nitrogens is 2. The lowest BCUT2D eigenvalue weighted by Crippen LogP contribution is -2.46. The second-order valence-electron chi connectivity index (χ2n) is 8.73. The SMILES string of the molecule is COc1ccc(-c2nc(NCCCN3CCN(c4ccc(F)cc4)CC3)c3ccccc3n2)cc1. The summed E-state index contributed by atoms with van der Waals surface area (Å²) in [7, 11) is 1.66. The van der Waals surface area contributed by atoms with Crippen LogP contribution in [0.15, 0.2) is 72.8 Å². The van der Waals surface area contributed by atoms with Crippen LogP contribution in [0.3, 0.4) is 0 Å². The number of hydrogen-bond acceptors (Lipinski definition) is 6. The van der Waals surface area contributed by atoms with Crippen molar-refractivity contribution in [2.24, 2.45) is 0 Å². The van der Waals surface area contributed by atoms with E-state index in [-0.39, 0.29) is 5.82 Å². The second-order valence-corrected chi connectivity index (χ2v) is 8.73. The Kier molecular flexibility index (Phi) is 7.04. The molecular formula is C28H30FN5O. The van der Waals surface area contributed by atoms with Crippen LogP contribution in [0.5, 0.6) is 5.75 Å². The number of benzene rings is 3. The van der Waals surface area contributed by atoms with Crippen molar-refractivity contribution < 1.29 is 9.13 Å². The molecule has 0 amide bonds. The number of anilines is 2. The topological polar surface area (TPSA) is 53.5 Å². The van der Waals surface area contributed by atoms with Gasteiger partial charge in [-0.15, -0.1) is 0 Å². The number of para-hydroxylation sites is 1. The highest BCUT2D eigenvalue weighted by Gasteiger charge is 2.17. The van der Waals surface area contributed by atoms with Crippen molar-refractivity contribution in [3.8, 4) is 17.1 Å². The number of nitrogens with one attached hydrogen (secondary N) is 1. The molecule has 1 saturated heterocycles. The predicted octanol–water partition coefficient (Wildman–Crippen LogP) is 5.07. The summed E-state index contributed by atoms with van der Waals surface area (Å²) in [5.41, 5.74) is 2.97. The molecule has 0 bridgehead atoms. The summed E-state index contributed by atoms with van der Waals surface area (Å²) in [4.78, 5) is 14.4. The van der Waals surface area contributed by atoms with E-state index in [9.17, 15) is 4.39 Å². The molecule has 35 heavy (non-hydrogen) atoms. The fourth-order valence-electron chi connectivity index (χ4n) is 4.47. The number of ether oxygens (including phenoxy) is 1. The van der Waals surface area contributed by atoms with E-state index in [2.05, 4.69) is 21.2 Å². The average Bonchev–Trinajstić information content (AvgIpc) is 2.92. The Bertz CT molecular complexity index is 1250. The van der Waals surface area contributed by atoms with Crippen LogP contribution in [0.4, 0.5) is 15.9 Å². The maximum absolute atomic E-state index is 13.2. The molecule has 7 heteroatoms. The summed E-state index contributed by atoms with van der Waals surface area (Å²) in [6, 6.07) is 22.7. The number of hydrogen-bond donors (Lipinski definition) is 1. The van der Waals surface area contributed by atoms with Crippen molar-refractivity contribution in [3.63, 3.8) is 0 Å². The molecular weight excluding hydrogens is 441 g/mol. The largest absolute Gasteiger partial charge is 0.497 e. The highest BCUT2D eigenvalue weighted by atomic mass is 19.1. The Hall–Kier alpha value is -3.71. The smallest absolute Gasteiger partial charge is 0.162 e. The van der Waals surface area contributed by atoms with Crippen molar-refractivity contribution in [1.29, 1.82) is 0 Å². The monoisotopic (exact) mass is 471 g/mol. The van der Waals surface area contributed by atoms with Crippen LogP contribution < -0.4 is 15.0 Å². The molecule has 0 spiro atoms. The summed E-state index contributed by atoms with van der Waals surface area (Å²) >= 11 is 0. The molecule has 1 aromatic heterocycles. The maximum Gasteiger partial charge on any atom is 0.162 e. The number of fused-ring (bicyclic) bond motifs is 1. The summed E-state index contributed by atoms with van der Waals surface area (Å²) in [5.74, 6) is 2.19. The Morgan fingerprint density at radius 2 is 1.63 bits per heavy atom. The maximum atomic E-state index is 13.2. The first kappa shape index (κ1) is 23.1. The lowest BCUT2D eigenvalue weighted by Gasteiger charge is -2.36. The number of halogens is 1. The molecule has 1 aliphatic rings. The minimum atomic E-state index is -0.188. The molecule has 180 valence electrons. The zero-order chi connectivity index (χ0) is 24.0. The van der Waals surface area contributed by atoms with E-state index in [1.54, 1.807) is 7.11 Å². The summed E-state index contributed by atoms with van der Waals surface area (Å²) < 4.78 is 18.5. The first-order chi connectivity index (χ1) is 17.2. The van der Waals surface area contributed by atoms with Crippen molar-refractivity contribution >= 4 is 22.4 Å². The normalized spacial score (nSPS) is 14.3. The highest BCUT2D eigenvalue weighted by molar-refractivity contribution is 5.90. The minimum absolute atomic E-state index is 0.188. The van der Waals surface area contributed by atoms with Gasteiger partial charge in [-0.3, -0.25) is 4.90 Å². The van der Waals surface area contributed by atoms with Crippen molar-refractivity contribution in [1.82, 2.24) is 14.9 Å². The Morgan fingerprint density at radius 1 is 0.886 bits per heavy atom. The first-order valence-corrected chi connectivity index (χ1v) is 12.1. The number of rotatable bonds is 8. The van der Waals surface area contributed by atoms with E-state index in [0.717, 1.165) is 79.4 Å². The van der Waals surface area contributed by atoms with Gasteiger partial charge in [0.15, 0.2) is 5.82 Å². The highest BCUT2D eigenvalue weighted by Crippen LogP contribution is 2.26. The fraction of sp³-hybridized carbons (Fsp3) is 0.286. The molecule has 0 atom stereocenters. The van der Waals surface area contributed by atoms with Crippen LogP contribution in [0.2, 0.25) is 0 Å². The van der Waals surface area contributed by atoms with Crippen LogP contribution in [-0.4, -0.2) is 61.2 Å². The fourth-order valence-corrected chi connectivity index (χ4v) is 4.47. The third-order valence-electron chi connectivity index (χ3n) is 6.46. The molecule has 0 aliphatic carbocycles. The number of nitrogens with zero attached hydrogens (tertiary/aromatic N) is 4. The summed E-state index contributed by atoms with van der Waals surface area (Å²) in [6.07, 6.45) is 1.02. The lowest BCUT2D eigenvalue weighted by atomic mass is 10.1. The van der Waals surface area contributed by atoms with Crippen LogP contribution in [0.25, 0.3) is 22.3 Å². The van der Waals surface area contributed by atoms with Gasteiger partial charge in [0, 0.05) is 49.4 Å². The van der Waals surface area contributed by atoms with E-state index >= 15 is 0 Å². The van der Waals surface area contributed by atoms with Gasteiger partial charge in [-0.05, 0) is 73.6 Å². The molecule has 1 fully saturated rings. The molecule has 4 aromatic rings. The van der Waals surface area contributed by atoms with E-state index in [1.165, 1.54) is 12.1 Å². The van der Waals surface area contributed by atoms with Crippen LogP contribution >= 0.6 is 0 Å². The number of piperazine rings is 1. The third kappa shape index (κ3) is 5.52. The van der Waals surface area contributed by atoms with Gasteiger partial charge >= 0.3 is 0 Å². The molecule has 1 aliphatic heterocycles. The quantitative estimate of drug-likeness (QED) is 0.362. The van der Waals surface area contributed by atoms with Gasteiger partial charge in [-0.25, -0.2) is 14.4 Å². The molecule has 3 aromatic carbocycles. The van der Waals surface area contributed by atoms with Gasteiger partial charge in [-0.2, -0.15) is 0 Å². The van der Waals surface area contributed by atoms with Crippen LogP contribution in [-0.2, 0) is 0 Å². The minimum Gasteiger partial charge on any atom is -0.497 e. The Labute approximate surface area is 205 Å². The second kappa shape index (κ2) is 10.7. The molecule has 0 saturated carbocycles. The summed E-state index contributed by atoms with van der Waals surface area (Å²) in [6.45, 7) is 5.80. The predicted molar refractivity (Wildman–Crippen MR) is 140 cm³/mol.